The number of rotatable bonds is 7. The topological polar surface area (TPSA) is 111 Å². The van der Waals surface area contributed by atoms with E-state index in [9.17, 15) is 18.0 Å². The Morgan fingerprint density at radius 1 is 0.906 bits per heavy atom. The van der Waals surface area contributed by atoms with Crippen molar-refractivity contribution in [1.29, 1.82) is 0 Å². The molecule has 0 spiro atoms. The largest absolute Gasteiger partial charge is 0.349 e. The second kappa shape index (κ2) is 8.78. The molecule has 4 aromatic rings. The predicted octanol–water partition coefficient (Wildman–Crippen LogP) is 2.80. The lowest BCUT2D eigenvalue weighted by Crippen LogP contribution is -2.33. The third-order valence-electron chi connectivity index (χ3n) is 5.14. The summed E-state index contributed by atoms with van der Waals surface area (Å²) in [6.45, 7) is 0.225. The minimum Gasteiger partial charge on any atom is -0.349 e. The van der Waals surface area contributed by atoms with Gasteiger partial charge < -0.3 is 9.72 Å². The molecule has 7 nitrogen and oxygen atoms in total. The molecule has 3 N–H and O–H groups in total. The smallest absolute Gasteiger partial charge is 0.294 e. The van der Waals surface area contributed by atoms with Crippen LogP contribution in [0.1, 0.15) is 16.1 Å². The van der Waals surface area contributed by atoms with Gasteiger partial charge in [-0.05, 0) is 47.9 Å². The predicted molar refractivity (Wildman–Crippen MR) is 122 cm³/mol. The molecule has 1 amide bonds. The van der Waals surface area contributed by atoms with Gasteiger partial charge in [0.15, 0.2) is 0 Å². The fourth-order valence-corrected chi connectivity index (χ4v) is 4.06. The maximum atomic E-state index is 13.1. The van der Waals surface area contributed by atoms with Crippen LogP contribution in [0.2, 0.25) is 0 Å². The monoisotopic (exact) mass is 447 g/mol. The summed E-state index contributed by atoms with van der Waals surface area (Å²) in [4.78, 5) is 25.8. The Morgan fingerprint density at radius 2 is 1.59 bits per heavy atom. The van der Waals surface area contributed by atoms with Gasteiger partial charge in [-0.25, -0.2) is 13.6 Å². The van der Waals surface area contributed by atoms with Gasteiger partial charge in [0, 0.05) is 23.8 Å². The minimum atomic E-state index is -3.75. The number of benzene rings is 2. The number of pyridine rings is 1. The van der Waals surface area contributed by atoms with Crippen LogP contribution in [-0.4, -0.2) is 31.1 Å². The molecule has 0 aliphatic heterocycles. The van der Waals surface area contributed by atoms with Crippen LogP contribution in [0, 0.1) is 0 Å². The van der Waals surface area contributed by atoms with Crippen molar-refractivity contribution in [2.45, 2.75) is 11.3 Å². The van der Waals surface area contributed by atoms with Crippen LogP contribution in [-0.2, 0) is 21.2 Å². The standard InChI is InChI=1S/C24H21N3O4S/c25-32(30,31)20-11-9-17(10-12-20)13-14-26-24(29)23(28)22-21(18-6-2-1-3-7-18)16-19-8-4-5-15-27(19)22/h1-12,15-16H,13-14H2,(H,26,29)(H2,25,30,31). The van der Waals surface area contributed by atoms with Crippen molar-refractivity contribution < 1.29 is 18.0 Å². The van der Waals surface area contributed by atoms with E-state index in [1.54, 1.807) is 22.7 Å². The molecule has 162 valence electrons. The summed E-state index contributed by atoms with van der Waals surface area (Å²) >= 11 is 0. The van der Waals surface area contributed by atoms with Crippen molar-refractivity contribution in [3.63, 3.8) is 0 Å². The molecule has 0 bridgehead atoms. The first kappa shape index (κ1) is 21.5. The zero-order valence-corrected chi connectivity index (χ0v) is 17.9. The zero-order valence-electron chi connectivity index (χ0n) is 17.1. The number of nitrogens with zero attached hydrogens (tertiary/aromatic N) is 1. The SMILES string of the molecule is NS(=O)(=O)c1ccc(CCNC(=O)C(=O)c2c(-c3ccccc3)cc3ccccn23)cc1. The number of nitrogens with two attached hydrogens (primary N) is 1. The normalized spacial score (nSPS) is 11.4. The molecular weight excluding hydrogens is 426 g/mol. The Bertz CT molecular complexity index is 1390. The zero-order chi connectivity index (χ0) is 22.7. The second-order valence-corrected chi connectivity index (χ2v) is 8.85. The molecule has 0 saturated carbocycles. The van der Waals surface area contributed by atoms with E-state index in [4.69, 9.17) is 5.14 Å². The lowest BCUT2D eigenvalue weighted by molar-refractivity contribution is -0.117. The average Bonchev–Trinajstić information content (AvgIpc) is 3.18. The highest BCUT2D eigenvalue weighted by atomic mass is 32.2. The van der Waals surface area contributed by atoms with Crippen LogP contribution in [0.15, 0.2) is 90.0 Å². The van der Waals surface area contributed by atoms with Crippen molar-refractivity contribution in [3.05, 3.63) is 96.3 Å². The number of hydrogen-bond donors (Lipinski definition) is 2. The number of Topliss-reactive ketones (excluding diaryl/α,β-unsaturated/α-hetero) is 1. The quantitative estimate of drug-likeness (QED) is 0.335. The molecule has 0 unspecified atom stereocenters. The highest BCUT2D eigenvalue weighted by Crippen LogP contribution is 2.28. The fraction of sp³-hybridized carbons (Fsp3) is 0.0833. The molecule has 4 rings (SSSR count). The summed E-state index contributed by atoms with van der Waals surface area (Å²) in [5, 5.41) is 7.76. The first-order chi connectivity index (χ1) is 15.3. The Balaban J connectivity index is 1.51. The van der Waals surface area contributed by atoms with Crippen LogP contribution in [0.25, 0.3) is 16.6 Å². The molecule has 32 heavy (non-hydrogen) atoms. The summed E-state index contributed by atoms with van der Waals surface area (Å²) in [7, 11) is -3.75. The van der Waals surface area contributed by atoms with Gasteiger partial charge in [0.25, 0.3) is 11.7 Å². The number of ketones is 1. The van der Waals surface area contributed by atoms with Gasteiger partial charge >= 0.3 is 0 Å². The third-order valence-corrected chi connectivity index (χ3v) is 6.07. The Kier molecular flexibility index (Phi) is 5.89. The van der Waals surface area contributed by atoms with Crippen LogP contribution < -0.4 is 10.5 Å². The third kappa shape index (κ3) is 4.46. The van der Waals surface area contributed by atoms with Crippen LogP contribution in [0.5, 0.6) is 0 Å². The summed E-state index contributed by atoms with van der Waals surface area (Å²) in [5.74, 6) is -1.33. The number of carbonyl (C=O) groups is 2. The van der Waals surface area contributed by atoms with Gasteiger partial charge in [-0.1, -0.05) is 48.5 Å². The summed E-state index contributed by atoms with van der Waals surface area (Å²) in [5.41, 5.74) is 3.47. The summed E-state index contributed by atoms with van der Waals surface area (Å²) in [6, 6.07) is 23.0. The highest BCUT2D eigenvalue weighted by molar-refractivity contribution is 7.89. The Hall–Kier alpha value is -3.75. The van der Waals surface area contributed by atoms with Gasteiger partial charge in [0.05, 0.1) is 4.90 Å². The number of amides is 1. The lowest BCUT2D eigenvalue weighted by atomic mass is 10.0. The van der Waals surface area contributed by atoms with E-state index in [2.05, 4.69) is 5.32 Å². The molecule has 0 radical (unpaired) electrons. The Labute approximate surface area is 185 Å². The molecule has 0 fully saturated rings. The van der Waals surface area contributed by atoms with Crippen molar-refractivity contribution in [2.75, 3.05) is 6.54 Å². The molecule has 0 atom stereocenters. The fourth-order valence-electron chi connectivity index (χ4n) is 3.55. The summed E-state index contributed by atoms with van der Waals surface area (Å²) < 4.78 is 24.4. The molecule has 2 aromatic carbocycles. The van der Waals surface area contributed by atoms with E-state index < -0.39 is 21.7 Å². The maximum Gasteiger partial charge on any atom is 0.294 e. The number of fused-ring (bicyclic) bond motifs is 1. The van der Waals surface area contributed by atoms with Gasteiger partial charge in [0.2, 0.25) is 10.0 Å². The number of hydrogen-bond acceptors (Lipinski definition) is 4. The number of sulfonamides is 1. The maximum absolute atomic E-state index is 13.1. The van der Waals surface area contributed by atoms with E-state index in [-0.39, 0.29) is 11.4 Å². The van der Waals surface area contributed by atoms with E-state index >= 15 is 0 Å². The average molecular weight is 448 g/mol. The number of primary sulfonamides is 1. The molecule has 8 heteroatoms. The van der Waals surface area contributed by atoms with Crippen molar-refractivity contribution in [3.8, 4) is 11.1 Å². The van der Waals surface area contributed by atoms with Gasteiger partial charge in [-0.3, -0.25) is 9.59 Å². The second-order valence-electron chi connectivity index (χ2n) is 7.29. The van der Waals surface area contributed by atoms with Crippen LogP contribution in [0.3, 0.4) is 0 Å². The first-order valence-corrected chi connectivity index (χ1v) is 11.5. The van der Waals surface area contributed by atoms with Crippen molar-refractivity contribution >= 4 is 27.2 Å². The molecule has 0 aliphatic carbocycles. The van der Waals surface area contributed by atoms with E-state index in [1.165, 1.54) is 12.1 Å². The molecule has 2 aromatic heterocycles. The number of nitrogens with one attached hydrogen (secondary N) is 1. The molecule has 0 aliphatic rings. The molecule has 0 saturated heterocycles. The summed E-state index contributed by atoms with van der Waals surface area (Å²) in [6.07, 6.45) is 2.19. The number of aromatic nitrogens is 1. The minimum absolute atomic E-state index is 0.0222. The van der Waals surface area contributed by atoms with Crippen LogP contribution in [0.4, 0.5) is 0 Å². The lowest BCUT2D eigenvalue weighted by Gasteiger charge is -2.08. The van der Waals surface area contributed by atoms with Crippen molar-refractivity contribution in [1.82, 2.24) is 9.72 Å². The molecular formula is C24H21N3O4S. The van der Waals surface area contributed by atoms with Gasteiger partial charge in [0.1, 0.15) is 5.69 Å². The Morgan fingerprint density at radius 3 is 2.28 bits per heavy atom. The number of carbonyl (C=O) groups excluding carboxylic acids is 2. The van der Waals surface area contributed by atoms with Gasteiger partial charge in [-0.2, -0.15) is 0 Å². The van der Waals surface area contributed by atoms with Crippen molar-refractivity contribution in [2.24, 2.45) is 5.14 Å². The van der Waals surface area contributed by atoms with E-state index in [0.29, 0.717) is 17.7 Å². The highest BCUT2D eigenvalue weighted by Gasteiger charge is 2.24. The van der Waals surface area contributed by atoms with Gasteiger partial charge in [-0.15, -0.1) is 0 Å². The van der Waals surface area contributed by atoms with Crippen LogP contribution >= 0.6 is 0 Å². The molecule has 2 heterocycles. The first-order valence-electron chi connectivity index (χ1n) is 9.94. The van der Waals surface area contributed by atoms with E-state index in [1.807, 2.05) is 54.6 Å². The van der Waals surface area contributed by atoms with E-state index in [0.717, 1.165) is 16.6 Å².